The summed E-state index contributed by atoms with van der Waals surface area (Å²) in [7, 11) is 0. The third kappa shape index (κ3) is 8.06. The van der Waals surface area contributed by atoms with Crippen LogP contribution in [0.3, 0.4) is 0 Å². The minimum Gasteiger partial charge on any atom is -0.369 e. The Labute approximate surface area is 341 Å². The lowest BCUT2D eigenvalue weighted by Crippen LogP contribution is -2.58. The fourth-order valence-corrected chi connectivity index (χ4v) is 9.85. The summed E-state index contributed by atoms with van der Waals surface area (Å²) in [5.41, 5.74) is 6.68. The molecule has 2 amide bonds. The van der Waals surface area contributed by atoms with E-state index < -0.39 is 6.04 Å². The van der Waals surface area contributed by atoms with E-state index in [1.807, 2.05) is 48.2 Å². The molecule has 3 atom stereocenters. The number of nitrogens with zero attached hydrogens (tertiary/aromatic N) is 7. The molecule has 12 heteroatoms. The van der Waals surface area contributed by atoms with Gasteiger partial charge in [0.15, 0.2) is 11.5 Å². The van der Waals surface area contributed by atoms with Crippen molar-refractivity contribution in [3.05, 3.63) is 94.1 Å². The maximum atomic E-state index is 15.6. The van der Waals surface area contributed by atoms with Crippen LogP contribution in [0, 0.1) is 25.2 Å². The second-order valence-corrected chi connectivity index (χ2v) is 17.2. The van der Waals surface area contributed by atoms with Crippen LogP contribution in [0.1, 0.15) is 73.0 Å². The van der Waals surface area contributed by atoms with Gasteiger partial charge in [-0.05, 0) is 105 Å². The number of piperidine rings is 1. The van der Waals surface area contributed by atoms with Crippen molar-refractivity contribution in [2.75, 3.05) is 73.6 Å². The molecule has 11 nitrogen and oxygen atoms in total. The molecule has 4 fully saturated rings. The first-order valence-electron chi connectivity index (χ1n) is 21.0. The molecule has 3 aromatic carbocycles. The molecule has 3 saturated heterocycles. The lowest BCUT2D eigenvalue weighted by atomic mass is 9.92. The highest BCUT2D eigenvalue weighted by atomic mass is 19.1. The molecule has 8 rings (SSSR count). The van der Waals surface area contributed by atoms with Crippen molar-refractivity contribution in [1.82, 2.24) is 14.7 Å². The van der Waals surface area contributed by atoms with E-state index in [1.54, 1.807) is 11.0 Å². The van der Waals surface area contributed by atoms with Gasteiger partial charge in [0.2, 0.25) is 5.91 Å². The summed E-state index contributed by atoms with van der Waals surface area (Å²) in [5.74, 6) is -0.00610. The second kappa shape index (κ2) is 16.5. The molecule has 4 aliphatic heterocycles. The fraction of sp³-hybridized carbons (Fsp3) is 0.500. The summed E-state index contributed by atoms with van der Waals surface area (Å²) >= 11 is 0. The Morgan fingerprint density at radius 3 is 2.29 bits per heavy atom. The van der Waals surface area contributed by atoms with Crippen LogP contribution in [0.5, 0.6) is 0 Å². The van der Waals surface area contributed by atoms with E-state index in [1.165, 1.54) is 0 Å². The van der Waals surface area contributed by atoms with Crippen LogP contribution in [0.2, 0.25) is 0 Å². The zero-order chi connectivity index (χ0) is 40.7. The zero-order valence-corrected chi connectivity index (χ0v) is 34.0. The predicted octanol–water partition coefficient (Wildman–Crippen LogP) is 6.04. The summed E-state index contributed by atoms with van der Waals surface area (Å²) in [6.07, 6.45) is 2.86. The largest absolute Gasteiger partial charge is 0.369 e. The van der Waals surface area contributed by atoms with E-state index in [4.69, 9.17) is 6.57 Å². The van der Waals surface area contributed by atoms with E-state index in [9.17, 15) is 19.2 Å². The van der Waals surface area contributed by atoms with Crippen molar-refractivity contribution in [3.63, 3.8) is 0 Å². The van der Waals surface area contributed by atoms with Crippen molar-refractivity contribution in [2.24, 2.45) is 5.92 Å². The van der Waals surface area contributed by atoms with Gasteiger partial charge in [-0.15, -0.1) is 0 Å². The molecule has 304 valence electrons. The highest BCUT2D eigenvalue weighted by Crippen LogP contribution is 2.34. The Morgan fingerprint density at radius 2 is 1.59 bits per heavy atom. The standard InChI is InChI=1S/C46H54FN7O4/c1-30-21-37(7-10-41(30)48-4)52-26-32(3)53(27-31(52)2)45(57)23-34-5-11-42(40(47)22-34)51-15-13-33(14-16-51)28-49-17-19-50(20-18-49)36-6-9-39-35(24-36)29-54(46(39)58)43-12-8-38(55)25-44(43)56/h5-7,9-11,21-22,24,31-33,43H,8,12-20,23,25-29H2,1-3H3/t31-,32+,43-/m0/s1. The van der Waals surface area contributed by atoms with Crippen LogP contribution in [-0.4, -0.2) is 115 Å². The van der Waals surface area contributed by atoms with Gasteiger partial charge in [0.05, 0.1) is 31.1 Å². The number of anilines is 3. The maximum Gasteiger partial charge on any atom is 0.255 e. The molecule has 0 spiro atoms. The van der Waals surface area contributed by atoms with E-state index in [0.29, 0.717) is 60.9 Å². The van der Waals surface area contributed by atoms with E-state index >= 15 is 4.39 Å². The number of hydrogen-bond acceptors (Lipinski definition) is 8. The van der Waals surface area contributed by atoms with Gasteiger partial charge in [-0.2, -0.15) is 0 Å². The van der Waals surface area contributed by atoms with Gasteiger partial charge in [-0.3, -0.25) is 24.1 Å². The number of rotatable bonds is 8. The van der Waals surface area contributed by atoms with Crippen molar-refractivity contribution in [3.8, 4) is 0 Å². The average Bonchev–Trinajstić information content (AvgIpc) is 3.54. The van der Waals surface area contributed by atoms with Gasteiger partial charge in [0.25, 0.3) is 5.91 Å². The minimum atomic E-state index is -0.502. The number of hydrogen-bond donors (Lipinski definition) is 0. The lowest BCUT2D eigenvalue weighted by Gasteiger charge is -2.45. The maximum absolute atomic E-state index is 15.6. The summed E-state index contributed by atoms with van der Waals surface area (Å²) < 4.78 is 15.6. The van der Waals surface area contributed by atoms with Crippen molar-refractivity contribution in [2.45, 2.75) is 84.0 Å². The predicted molar refractivity (Wildman–Crippen MR) is 223 cm³/mol. The highest BCUT2D eigenvalue weighted by molar-refractivity contribution is 6.07. The number of halogens is 1. The molecule has 4 heterocycles. The number of carbonyl (C=O) groups is 4. The lowest BCUT2D eigenvalue weighted by molar-refractivity contribution is -0.134. The second-order valence-electron chi connectivity index (χ2n) is 17.2. The van der Waals surface area contributed by atoms with Crippen LogP contribution in [0.15, 0.2) is 54.6 Å². The molecule has 0 N–H and O–H groups in total. The SMILES string of the molecule is [C-]#[N+]c1ccc(N2C[C@@H](C)N(C(=O)Cc3ccc(N4CCC(CN5CCN(c6ccc7c(c6)CN([C@H]6CCC(=O)CC6=O)C7=O)CC5)CC4)c(F)c3)C[C@@H]2C)cc1C. The Balaban J connectivity index is 0.784. The van der Waals surface area contributed by atoms with Gasteiger partial charge in [0, 0.05) is 101 Å². The van der Waals surface area contributed by atoms with Crippen LogP contribution in [-0.2, 0) is 27.3 Å². The third-order valence-corrected chi connectivity index (χ3v) is 13.3. The van der Waals surface area contributed by atoms with E-state index in [-0.39, 0.29) is 54.1 Å². The first kappa shape index (κ1) is 39.5. The van der Waals surface area contributed by atoms with Gasteiger partial charge in [-0.25, -0.2) is 9.24 Å². The van der Waals surface area contributed by atoms with E-state index in [0.717, 1.165) is 81.2 Å². The number of Topliss-reactive ketones (excluding diaryl/α,β-unsaturated/α-hetero) is 2. The quantitative estimate of drug-likeness (QED) is 0.202. The van der Waals surface area contributed by atoms with Crippen molar-refractivity contribution < 1.29 is 23.6 Å². The Morgan fingerprint density at radius 1 is 0.828 bits per heavy atom. The molecule has 5 aliphatic rings. The molecule has 0 aromatic heterocycles. The summed E-state index contributed by atoms with van der Waals surface area (Å²) in [6.45, 7) is 21.5. The first-order chi connectivity index (χ1) is 27.9. The number of fused-ring (bicyclic) bond motifs is 1. The Bertz CT molecular complexity index is 2140. The third-order valence-electron chi connectivity index (χ3n) is 13.3. The van der Waals surface area contributed by atoms with Gasteiger partial charge in [-0.1, -0.05) is 12.1 Å². The van der Waals surface area contributed by atoms with Gasteiger partial charge < -0.3 is 24.5 Å². The number of benzene rings is 3. The normalized spacial score (nSPS) is 23.4. The first-order valence-corrected chi connectivity index (χ1v) is 21.0. The molecule has 58 heavy (non-hydrogen) atoms. The number of piperazine rings is 2. The van der Waals surface area contributed by atoms with Crippen LogP contribution >= 0.6 is 0 Å². The Hall–Kier alpha value is -5.28. The molecule has 0 unspecified atom stereocenters. The molecule has 1 aliphatic carbocycles. The summed E-state index contributed by atoms with van der Waals surface area (Å²) in [5, 5.41) is 0. The topological polar surface area (TPSA) is 92.1 Å². The minimum absolute atomic E-state index is 0.0000267. The van der Waals surface area contributed by atoms with Gasteiger partial charge in [0.1, 0.15) is 11.6 Å². The van der Waals surface area contributed by atoms with Crippen LogP contribution in [0.4, 0.5) is 27.1 Å². The smallest absolute Gasteiger partial charge is 0.255 e. The molecule has 3 aromatic rings. The Kier molecular flexibility index (Phi) is 11.3. The number of amides is 2. The fourth-order valence-electron chi connectivity index (χ4n) is 9.85. The number of carbonyl (C=O) groups excluding carboxylic acids is 4. The number of ketones is 2. The zero-order valence-electron chi connectivity index (χ0n) is 34.0. The monoisotopic (exact) mass is 787 g/mol. The molecular weight excluding hydrogens is 734 g/mol. The number of aryl methyl sites for hydroxylation is 1. The highest BCUT2D eigenvalue weighted by Gasteiger charge is 2.39. The van der Waals surface area contributed by atoms with Crippen molar-refractivity contribution in [1.29, 1.82) is 0 Å². The van der Waals surface area contributed by atoms with Gasteiger partial charge >= 0.3 is 0 Å². The molecule has 0 radical (unpaired) electrons. The average molecular weight is 788 g/mol. The molecule has 0 bridgehead atoms. The van der Waals surface area contributed by atoms with Crippen molar-refractivity contribution >= 4 is 46.1 Å². The molecule has 1 saturated carbocycles. The molecular formula is C46H54FN7O4. The van der Waals surface area contributed by atoms with Crippen LogP contribution in [0.25, 0.3) is 4.85 Å². The van der Waals surface area contributed by atoms with E-state index in [2.05, 4.69) is 50.4 Å². The summed E-state index contributed by atoms with van der Waals surface area (Å²) in [4.78, 5) is 67.5. The summed E-state index contributed by atoms with van der Waals surface area (Å²) in [6, 6.07) is 16.8. The van der Waals surface area contributed by atoms with Crippen LogP contribution < -0.4 is 14.7 Å².